The van der Waals surface area contributed by atoms with Crippen LogP contribution in [-0.2, 0) is 4.79 Å². The second kappa shape index (κ2) is 5.51. The highest BCUT2D eigenvalue weighted by Crippen LogP contribution is 2.24. The highest BCUT2D eigenvalue weighted by Gasteiger charge is 2.23. The molecular formula is C15H16N6O. The number of hydrogen-bond acceptors (Lipinski definition) is 6. The minimum Gasteiger partial charge on any atom is -0.383 e. The van der Waals surface area contributed by atoms with E-state index in [1.54, 1.807) is 36.5 Å². The molecule has 7 nitrogen and oxygen atoms in total. The van der Waals surface area contributed by atoms with E-state index in [-0.39, 0.29) is 5.91 Å². The van der Waals surface area contributed by atoms with Crippen LogP contribution in [0.4, 0.5) is 11.6 Å². The number of carbonyl (C=O) groups is 1. The molecule has 7 heteroatoms. The number of nitrogens with one attached hydrogen (secondary N) is 1. The second-order valence-electron chi connectivity index (χ2n) is 5.19. The van der Waals surface area contributed by atoms with Gasteiger partial charge in [0.15, 0.2) is 5.82 Å². The Morgan fingerprint density at radius 2 is 2.18 bits per heavy atom. The van der Waals surface area contributed by atoms with Gasteiger partial charge in [-0.1, -0.05) is 0 Å². The lowest BCUT2D eigenvalue weighted by Crippen LogP contribution is -2.25. The predicted octanol–water partition coefficient (Wildman–Crippen LogP) is 1.64. The van der Waals surface area contributed by atoms with Gasteiger partial charge < -0.3 is 11.1 Å². The minimum atomic E-state index is 0.0675. The summed E-state index contributed by atoms with van der Waals surface area (Å²) in [6.07, 6.45) is 6.18. The number of nitrogen functional groups attached to an aromatic ring is 1. The molecule has 22 heavy (non-hydrogen) atoms. The van der Waals surface area contributed by atoms with Crippen molar-refractivity contribution in [2.45, 2.75) is 19.8 Å². The molecule has 3 heterocycles. The van der Waals surface area contributed by atoms with Crippen LogP contribution in [0.15, 0.2) is 24.7 Å². The first-order valence-electron chi connectivity index (χ1n) is 7.00. The monoisotopic (exact) mass is 296 g/mol. The number of amides is 1. The molecule has 1 amide bonds. The van der Waals surface area contributed by atoms with Gasteiger partial charge >= 0.3 is 0 Å². The van der Waals surface area contributed by atoms with Crippen molar-refractivity contribution in [3.63, 3.8) is 0 Å². The van der Waals surface area contributed by atoms with E-state index in [9.17, 15) is 4.79 Å². The van der Waals surface area contributed by atoms with E-state index < -0.39 is 0 Å². The molecule has 0 aliphatic carbocycles. The van der Waals surface area contributed by atoms with Crippen molar-refractivity contribution in [2.24, 2.45) is 0 Å². The van der Waals surface area contributed by atoms with Crippen LogP contribution in [0.25, 0.3) is 11.3 Å². The van der Waals surface area contributed by atoms with Crippen LogP contribution < -0.4 is 10.6 Å². The Morgan fingerprint density at radius 1 is 1.36 bits per heavy atom. The Labute approximate surface area is 127 Å². The van der Waals surface area contributed by atoms with E-state index in [4.69, 9.17) is 11.1 Å². The predicted molar refractivity (Wildman–Crippen MR) is 83.8 cm³/mol. The maximum atomic E-state index is 11.8. The topological polar surface area (TPSA) is 109 Å². The van der Waals surface area contributed by atoms with E-state index in [1.165, 1.54) is 0 Å². The second-order valence-corrected chi connectivity index (χ2v) is 5.19. The zero-order valence-electron chi connectivity index (χ0n) is 12.2. The Kier molecular flexibility index (Phi) is 3.54. The van der Waals surface area contributed by atoms with Crippen LogP contribution in [0.3, 0.4) is 0 Å². The minimum absolute atomic E-state index is 0.0675. The van der Waals surface area contributed by atoms with E-state index in [2.05, 4.69) is 15.0 Å². The molecule has 2 aromatic heterocycles. The number of anilines is 2. The Morgan fingerprint density at radius 3 is 2.86 bits per heavy atom. The van der Waals surface area contributed by atoms with Gasteiger partial charge in [0.05, 0.1) is 18.1 Å². The first-order valence-corrected chi connectivity index (χ1v) is 7.00. The number of nitrogens with two attached hydrogens (primary N) is 1. The fraction of sp³-hybridized carbons (Fsp3) is 0.267. The average molecular weight is 296 g/mol. The molecule has 2 aromatic rings. The van der Waals surface area contributed by atoms with Crippen LogP contribution in [0.5, 0.6) is 0 Å². The number of pyridine rings is 1. The van der Waals surface area contributed by atoms with Crippen molar-refractivity contribution in [3.05, 3.63) is 30.2 Å². The van der Waals surface area contributed by atoms with Crippen molar-refractivity contribution >= 4 is 23.3 Å². The first kappa shape index (κ1) is 14.1. The van der Waals surface area contributed by atoms with E-state index in [0.717, 1.165) is 12.0 Å². The fourth-order valence-corrected chi connectivity index (χ4v) is 2.43. The largest absolute Gasteiger partial charge is 0.383 e. The van der Waals surface area contributed by atoms with Crippen LogP contribution in [0, 0.1) is 5.41 Å². The smallest absolute Gasteiger partial charge is 0.228 e. The summed E-state index contributed by atoms with van der Waals surface area (Å²) < 4.78 is 0. The molecule has 0 aromatic carbocycles. The third-order valence-electron chi connectivity index (χ3n) is 3.59. The number of aromatic nitrogens is 3. The summed E-state index contributed by atoms with van der Waals surface area (Å²) in [4.78, 5) is 26.2. The molecule has 0 bridgehead atoms. The van der Waals surface area contributed by atoms with Gasteiger partial charge in [-0.05, 0) is 19.4 Å². The molecule has 0 saturated carbocycles. The normalized spacial score (nSPS) is 14.4. The van der Waals surface area contributed by atoms with Gasteiger partial charge in [-0.2, -0.15) is 0 Å². The van der Waals surface area contributed by atoms with E-state index in [1.807, 2.05) is 0 Å². The van der Waals surface area contributed by atoms with E-state index in [0.29, 0.717) is 41.6 Å². The van der Waals surface area contributed by atoms with Gasteiger partial charge in [-0.3, -0.25) is 14.7 Å². The van der Waals surface area contributed by atoms with Crippen molar-refractivity contribution in [2.75, 3.05) is 17.2 Å². The Hall–Kier alpha value is -2.83. The van der Waals surface area contributed by atoms with Gasteiger partial charge in [0.2, 0.25) is 5.91 Å². The first-order chi connectivity index (χ1) is 10.6. The summed E-state index contributed by atoms with van der Waals surface area (Å²) in [6.45, 7) is 2.32. The highest BCUT2D eigenvalue weighted by atomic mass is 16.2. The Balaban J connectivity index is 2.00. The highest BCUT2D eigenvalue weighted by molar-refractivity contribution is 6.01. The lowest BCUT2D eigenvalue weighted by molar-refractivity contribution is -0.117. The zero-order chi connectivity index (χ0) is 15.7. The fourth-order valence-electron chi connectivity index (χ4n) is 2.43. The van der Waals surface area contributed by atoms with Crippen molar-refractivity contribution in [1.29, 1.82) is 5.41 Å². The quantitative estimate of drug-likeness (QED) is 0.837. The number of hydrogen-bond donors (Lipinski definition) is 2. The molecule has 1 saturated heterocycles. The summed E-state index contributed by atoms with van der Waals surface area (Å²) in [5.41, 5.74) is 8.01. The lowest BCUT2D eigenvalue weighted by atomic mass is 10.1. The molecule has 0 spiro atoms. The zero-order valence-corrected chi connectivity index (χ0v) is 12.2. The van der Waals surface area contributed by atoms with Gasteiger partial charge in [-0.25, -0.2) is 9.97 Å². The van der Waals surface area contributed by atoms with Crippen molar-refractivity contribution in [1.82, 2.24) is 15.0 Å². The molecule has 0 unspecified atom stereocenters. The summed E-state index contributed by atoms with van der Waals surface area (Å²) in [6, 6.07) is 1.77. The molecule has 112 valence electrons. The maximum Gasteiger partial charge on any atom is 0.228 e. The van der Waals surface area contributed by atoms with E-state index >= 15 is 0 Å². The van der Waals surface area contributed by atoms with Crippen molar-refractivity contribution < 1.29 is 4.79 Å². The molecule has 3 N–H and O–H groups in total. The van der Waals surface area contributed by atoms with Crippen molar-refractivity contribution in [3.8, 4) is 11.3 Å². The molecular weight excluding hydrogens is 280 g/mol. The molecule has 0 atom stereocenters. The average Bonchev–Trinajstić information content (AvgIpc) is 2.94. The SMILES string of the molecule is CC(=N)c1cc(-c2cncc(N3CCCC3=O)n2)cnc1N. The molecule has 1 fully saturated rings. The third kappa shape index (κ3) is 2.52. The third-order valence-corrected chi connectivity index (χ3v) is 3.59. The lowest BCUT2D eigenvalue weighted by Gasteiger charge is -2.14. The van der Waals surface area contributed by atoms with Crippen LogP contribution in [0.1, 0.15) is 25.3 Å². The number of carbonyl (C=O) groups excluding carboxylic acids is 1. The summed E-state index contributed by atoms with van der Waals surface area (Å²) in [7, 11) is 0. The molecule has 3 rings (SSSR count). The van der Waals surface area contributed by atoms with Gasteiger partial charge in [0.25, 0.3) is 0 Å². The molecule has 0 radical (unpaired) electrons. The Bertz CT molecular complexity index is 757. The summed E-state index contributed by atoms with van der Waals surface area (Å²) in [5.74, 6) is 0.929. The summed E-state index contributed by atoms with van der Waals surface area (Å²) >= 11 is 0. The molecule has 1 aliphatic rings. The number of nitrogens with zero attached hydrogens (tertiary/aromatic N) is 4. The molecule has 1 aliphatic heterocycles. The van der Waals surface area contributed by atoms with Crippen LogP contribution in [-0.4, -0.2) is 33.1 Å². The van der Waals surface area contributed by atoms with Crippen LogP contribution >= 0.6 is 0 Å². The number of rotatable bonds is 3. The van der Waals surface area contributed by atoms with Crippen LogP contribution in [0.2, 0.25) is 0 Å². The van der Waals surface area contributed by atoms with Gasteiger partial charge in [-0.15, -0.1) is 0 Å². The van der Waals surface area contributed by atoms with Gasteiger partial charge in [0.1, 0.15) is 5.82 Å². The standard InChI is InChI=1S/C15H16N6O/c1-9(16)11-5-10(6-19-15(11)17)12-7-18-8-13(20-12)21-4-2-3-14(21)22/h5-8,16H,2-4H2,1H3,(H2,17,19). The van der Waals surface area contributed by atoms with Gasteiger partial charge in [0, 0.05) is 36.0 Å². The maximum absolute atomic E-state index is 11.8. The summed E-state index contributed by atoms with van der Waals surface area (Å²) in [5, 5.41) is 7.73.